The number of methoxy groups -OCH3 is 1. The van der Waals surface area contributed by atoms with Crippen LogP contribution >= 0.6 is 0 Å². The van der Waals surface area contributed by atoms with Crippen LogP contribution in [0.3, 0.4) is 0 Å². The number of piperidine rings is 1. The first kappa shape index (κ1) is 26.9. The number of carbonyl (C=O) groups excluding carboxylic acids is 3. The number of nitrogens with one attached hydrogen (secondary N) is 1. The summed E-state index contributed by atoms with van der Waals surface area (Å²) in [6, 6.07) is 4.21. The van der Waals surface area contributed by atoms with Gasteiger partial charge in [-0.05, 0) is 43.5 Å². The highest BCUT2D eigenvalue weighted by atomic mass is 19.4. The van der Waals surface area contributed by atoms with Gasteiger partial charge in [0.15, 0.2) is 0 Å². The van der Waals surface area contributed by atoms with Gasteiger partial charge in [-0.25, -0.2) is 0 Å². The molecule has 2 saturated heterocycles. The molecule has 0 radical (unpaired) electrons. The number of hydrogen-bond donors (Lipinski definition) is 1. The number of amides is 3. The number of halogens is 3. The molecule has 2 aliphatic heterocycles. The monoisotopic (exact) mass is 498 g/mol. The van der Waals surface area contributed by atoms with Gasteiger partial charge in [-0.3, -0.25) is 19.3 Å². The van der Waals surface area contributed by atoms with Gasteiger partial charge in [-0.15, -0.1) is 0 Å². The molecule has 0 bridgehead atoms. The minimum atomic E-state index is -4.44. The van der Waals surface area contributed by atoms with Gasteiger partial charge < -0.3 is 19.9 Å². The third-order valence-electron chi connectivity index (χ3n) is 6.49. The lowest BCUT2D eigenvalue weighted by Crippen LogP contribution is -2.53. The second-order valence-electron chi connectivity index (χ2n) is 8.94. The Morgan fingerprint density at radius 3 is 2.17 bits per heavy atom. The molecule has 3 amide bonds. The predicted molar refractivity (Wildman–Crippen MR) is 123 cm³/mol. The van der Waals surface area contributed by atoms with E-state index in [9.17, 15) is 27.6 Å². The highest BCUT2D eigenvalue weighted by Gasteiger charge is 2.33. The molecule has 2 fully saturated rings. The van der Waals surface area contributed by atoms with Crippen molar-refractivity contribution in [2.45, 2.75) is 25.4 Å². The summed E-state index contributed by atoms with van der Waals surface area (Å²) in [6.45, 7) is 4.62. The topological polar surface area (TPSA) is 82.2 Å². The number of carbonyl (C=O) groups is 3. The molecule has 1 aromatic carbocycles. The number of nitrogens with zero attached hydrogens (tertiary/aromatic N) is 3. The third-order valence-corrected chi connectivity index (χ3v) is 6.49. The van der Waals surface area contributed by atoms with Gasteiger partial charge in [0.25, 0.3) is 5.91 Å². The Morgan fingerprint density at radius 2 is 1.60 bits per heavy atom. The zero-order valence-corrected chi connectivity index (χ0v) is 20.0. The third kappa shape index (κ3) is 7.66. The largest absolute Gasteiger partial charge is 0.416 e. The van der Waals surface area contributed by atoms with Gasteiger partial charge in [-0.2, -0.15) is 13.2 Å². The number of hydrogen-bond acceptors (Lipinski definition) is 5. The fourth-order valence-corrected chi connectivity index (χ4v) is 4.40. The fraction of sp³-hybridized carbons (Fsp3) is 0.625. The van der Waals surface area contributed by atoms with Crippen molar-refractivity contribution in [2.75, 3.05) is 66.1 Å². The molecule has 11 heteroatoms. The van der Waals surface area contributed by atoms with Gasteiger partial charge in [0, 0.05) is 71.0 Å². The summed E-state index contributed by atoms with van der Waals surface area (Å²) in [5.41, 5.74) is -0.581. The summed E-state index contributed by atoms with van der Waals surface area (Å²) in [7, 11) is 1.62. The molecule has 0 aliphatic carbocycles. The number of ether oxygens (including phenoxy) is 1. The van der Waals surface area contributed by atoms with Gasteiger partial charge in [0.1, 0.15) is 0 Å². The van der Waals surface area contributed by atoms with Crippen LogP contribution < -0.4 is 5.32 Å². The maximum absolute atomic E-state index is 13.0. The molecule has 35 heavy (non-hydrogen) atoms. The van der Waals surface area contributed by atoms with Gasteiger partial charge in [0.05, 0.1) is 12.1 Å². The Kier molecular flexibility index (Phi) is 9.50. The molecule has 2 heterocycles. The Morgan fingerprint density at radius 1 is 0.971 bits per heavy atom. The van der Waals surface area contributed by atoms with E-state index < -0.39 is 11.7 Å². The molecule has 3 rings (SSSR count). The first-order valence-corrected chi connectivity index (χ1v) is 11.9. The zero-order chi connectivity index (χ0) is 25.4. The Hall–Kier alpha value is -2.66. The zero-order valence-electron chi connectivity index (χ0n) is 20.0. The van der Waals surface area contributed by atoms with Crippen molar-refractivity contribution < 1.29 is 32.3 Å². The number of likely N-dealkylation sites (tertiary alicyclic amines) is 1. The van der Waals surface area contributed by atoms with E-state index in [1.165, 1.54) is 12.1 Å². The molecule has 0 aromatic heterocycles. The van der Waals surface area contributed by atoms with Crippen LogP contribution in [-0.2, 0) is 20.5 Å². The van der Waals surface area contributed by atoms with Crippen LogP contribution in [0.5, 0.6) is 0 Å². The molecule has 8 nitrogen and oxygen atoms in total. The van der Waals surface area contributed by atoms with Crippen molar-refractivity contribution in [2.24, 2.45) is 5.92 Å². The lowest BCUT2D eigenvalue weighted by atomic mass is 9.94. The van der Waals surface area contributed by atoms with Gasteiger partial charge >= 0.3 is 6.18 Å². The van der Waals surface area contributed by atoms with E-state index in [2.05, 4.69) is 5.32 Å². The second-order valence-corrected chi connectivity index (χ2v) is 8.94. The average Bonchev–Trinajstić information content (AvgIpc) is 2.86. The summed E-state index contributed by atoms with van der Waals surface area (Å²) in [4.78, 5) is 43.1. The number of rotatable bonds is 8. The first-order chi connectivity index (χ1) is 16.7. The molecule has 1 N–H and O–H groups in total. The van der Waals surface area contributed by atoms with Crippen LogP contribution in [0.4, 0.5) is 13.2 Å². The van der Waals surface area contributed by atoms with Crippen molar-refractivity contribution in [3.8, 4) is 0 Å². The minimum Gasteiger partial charge on any atom is -0.385 e. The maximum atomic E-state index is 13.0. The van der Waals surface area contributed by atoms with E-state index in [4.69, 9.17) is 4.74 Å². The van der Waals surface area contributed by atoms with Crippen LogP contribution in [0.2, 0.25) is 0 Å². The molecular weight excluding hydrogens is 465 g/mol. The minimum absolute atomic E-state index is 0.0361. The number of piperazine rings is 1. The summed E-state index contributed by atoms with van der Waals surface area (Å²) >= 11 is 0. The summed E-state index contributed by atoms with van der Waals surface area (Å²) in [5.74, 6) is -0.470. The van der Waals surface area contributed by atoms with E-state index in [0.717, 1.165) is 18.6 Å². The molecule has 0 unspecified atom stereocenters. The van der Waals surface area contributed by atoms with E-state index >= 15 is 0 Å². The molecule has 1 aromatic rings. The average molecular weight is 499 g/mol. The molecule has 0 spiro atoms. The number of alkyl halides is 3. The fourth-order valence-electron chi connectivity index (χ4n) is 4.40. The first-order valence-electron chi connectivity index (χ1n) is 11.9. The van der Waals surface area contributed by atoms with Crippen LogP contribution in [-0.4, -0.2) is 98.5 Å². The van der Waals surface area contributed by atoms with E-state index in [0.29, 0.717) is 71.8 Å². The van der Waals surface area contributed by atoms with Crippen molar-refractivity contribution in [1.29, 1.82) is 0 Å². The van der Waals surface area contributed by atoms with Gasteiger partial charge in [-0.1, -0.05) is 0 Å². The lowest BCUT2D eigenvalue weighted by Gasteiger charge is -2.38. The van der Waals surface area contributed by atoms with E-state index in [1.54, 1.807) is 12.0 Å². The van der Waals surface area contributed by atoms with E-state index in [-0.39, 0.29) is 29.2 Å². The van der Waals surface area contributed by atoms with Crippen LogP contribution in [0.1, 0.15) is 35.2 Å². The van der Waals surface area contributed by atoms with Crippen molar-refractivity contribution >= 4 is 17.7 Å². The Bertz CT molecular complexity index is 863. The van der Waals surface area contributed by atoms with Crippen LogP contribution in [0.25, 0.3) is 0 Å². The van der Waals surface area contributed by atoms with Crippen LogP contribution in [0, 0.1) is 5.92 Å². The van der Waals surface area contributed by atoms with Crippen molar-refractivity contribution in [3.05, 3.63) is 35.4 Å². The normalized spacial score (nSPS) is 17.9. The quantitative estimate of drug-likeness (QED) is 0.554. The Labute approximate surface area is 203 Å². The Balaban J connectivity index is 1.39. The molecule has 194 valence electrons. The molecule has 2 aliphatic rings. The number of benzene rings is 1. The summed E-state index contributed by atoms with van der Waals surface area (Å²) in [6.07, 6.45) is -2.63. The summed E-state index contributed by atoms with van der Waals surface area (Å²) in [5, 5.41) is 2.86. The van der Waals surface area contributed by atoms with Gasteiger partial charge in [0.2, 0.25) is 11.8 Å². The van der Waals surface area contributed by atoms with Crippen molar-refractivity contribution in [1.82, 2.24) is 20.0 Å². The second kappa shape index (κ2) is 12.3. The standard InChI is InChI=1S/C24H33F3N4O4/c1-35-16-2-9-28-21(32)17-29-12-14-31(15-13-29)23(34)19-7-10-30(11-8-19)22(33)18-3-5-20(6-4-18)24(25,26)27/h3-6,19H,2,7-17H2,1H3,(H,28,32). The maximum Gasteiger partial charge on any atom is 0.416 e. The lowest BCUT2D eigenvalue weighted by molar-refractivity contribution is -0.139. The van der Waals surface area contributed by atoms with Crippen LogP contribution in [0.15, 0.2) is 24.3 Å². The highest BCUT2D eigenvalue weighted by molar-refractivity contribution is 5.94. The van der Waals surface area contributed by atoms with E-state index in [1.807, 2.05) is 9.80 Å². The molecule has 0 saturated carbocycles. The molecular formula is C24H33F3N4O4. The molecule has 0 atom stereocenters. The predicted octanol–water partition coefficient (Wildman–Crippen LogP) is 1.85. The SMILES string of the molecule is COCCCNC(=O)CN1CCN(C(=O)C2CCN(C(=O)c3ccc(C(F)(F)F)cc3)CC2)CC1. The van der Waals surface area contributed by atoms with Crippen molar-refractivity contribution in [3.63, 3.8) is 0 Å². The smallest absolute Gasteiger partial charge is 0.385 e. The summed E-state index contributed by atoms with van der Waals surface area (Å²) < 4.78 is 43.2. The highest BCUT2D eigenvalue weighted by Crippen LogP contribution is 2.29.